The van der Waals surface area contributed by atoms with Gasteiger partial charge >= 0.3 is 19.9 Å². The summed E-state index contributed by atoms with van der Waals surface area (Å²) in [6.07, 6.45) is 14.7. The number of aliphatic hydroxyl groups excluding tert-OH is 1. The highest BCUT2D eigenvalue weighted by molar-refractivity contribution is 7.48. The highest BCUT2D eigenvalue weighted by Gasteiger charge is 2.53. The molecule has 4 rings (SSSR count). The first-order valence-corrected chi connectivity index (χ1v) is 29.4. The first-order valence-electron chi connectivity index (χ1n) is 26.8. The number of aliphatic hydroxyl groups is 1. The number of rotatable bonds is 39. The molecule has 0 bridgehead atoms. The molecule has 3 aromatic carbocycles. The molecule has 1 amide bonds. The van der Waals surface area contributed by atoms with Crippen LogP contribution in [0.3, 0.4) is 0 Å². The van der Waals surface area contributed by atoms with E-state index in [1.165, 1.54) is 77.0 Å². The lowest BCUT2D eigenvalue weighted by molar-refractivity contribution is -0.259. The predicted octanol–water partition coefficient (Wildman–Crippen LogP) is 14.8. The zero-order valence-electron chi connectivity index (χ0n) is 43.2. The van der Waals surface area contributed by atoms with Gasteiger partial charge in [-0.2, -0.15) is 0 Å². The molecule has 0 unspecified atom stereocenters. The van der Waals surface area contributed by atoms with Crippen LogP contribution in [0.15, 0.2) is 91.0 Å². The molecular formula is C56H83Cl3NO12P. The van der Waals surface area contributed by atoms with Gasteiger partial charge in [0.15, 0.2) is 12.4 Å². The summed E-state index contributed by atoms with van der Waals surface area (Å²) in [5, 5.41) is 14.2. The van der Waals surface area contributed by atoms with Crippen LogP contribution in [0.25, 0.3) is 0 Å². The molecule has 410 valence electrons. The Morgan fingerprint density at radius 3 is 1.62 bits per heavy atom. The molecule has 1 fully saturated rings. The van der Waals surface area contributed by atoms with E-state index in [0.717, 1.165) is 50.5 Å². The lowest BCUT2D eigenvalue weighted by Crippen LogP contribution is -2.66. The molecule has 3 aromatic rings. The number of unbranched alkanes of at least 4 members (excludes halogenated alkanes) is 17. The van der Waals surface area contributed by atoms with Crippen LogP contribution in [0.2, 0.25) is 0 Å². The van der Waals surface area contributed by atoms with Crippen molar-refractivity contribution in [2.24, 2.45) is 0 Å². The van der Waals surface area contributed by atoms with Crippen molar-refractivity contribution < 1.29 is 56.5 Å². The van der Waals surface area contributed by atoms with Gasteiger partial charge in [0.1, 0.15) is 24.9 Å². The Morgan fingerprint density at radius 1 is 0.658 bits per heavy atom. The number of phosphoric ester groups is 1. The fourth-order valence-corrected chi connectivity index (χ4v) is 10.1. The second kappa shape index (κ2) is 37.1. The molecule has 1 heterocycles. The van der Waals surface area contributed by atoms with Crippen molar-refractivity contribution in [1.82, 2.24) is 5.32 Å². The second-order valence-electron chi connectivity index (χ2n) is 18.9. The molecule has 0 spiro atoms. The number of hydrogen-bond acceptors (Lipinski definition) is 12. The van der Waals surface area contributed by atoms with E-state index in [0.29, 0.717) is 24.2 Å². The van der Waals surface area contributed by atoms with E-state index < -0.39 is 67.0 Å². The van der Waals surface area contributed by atoms with E-state index in [4.69, 9.17) is 72.1 Å². The quantitative estimate of drug-likeness (QED) is 0.0241. The molecule has 0 radical (unpaired) electrons. The Kier molecular flexibility index (Phi) is 31.9. The summed E-state index contributed by atoms with van der Waals surface area (Å²) in [5.74, 6) is -0.715. The normalized spacial score (nSPS) is 18.6. The van der Waals surface area contributed by atoms with Crippen LogP contribution in [0.1, 0.15) is 165 Å². The lowest BCUT2D eigenvalue weighted by Gasteiger charge is -2.44. The molecule has 6 atom stereocenters. The summed E-state index contributed by atoms with van der Waals surface area (Å²) in [6.45, 7) is 3.77. The van der Waals surface area contributed by atoms with Crippen LogP contribution >= 0.6 is 42.6 Å². The molecule has 1 saturated heterocycles. The Balaban J connectivity index is 1.61. The third-order valence-corrected chi connectivity index (χ3v) is 14.3. The summed E-state index contributed by atoms with van der Waals surface area (Å²) >= 11 is 17.7. The summed E-state index contributed by atoms with van der Waals surface area (Å²) in [5.41, 5.74) is 2.18. The van der Waals surface area contributed by atoms with Crippen molar-refractivity contribution in [3.63, 3.8) is 0 Å². The van der Waals surface area contributed by atoms with Gasteiger partial charge in [0, 0.05) is 6.61 Å². The Morgan fingerprint density at radius 2 is 1.12 bits per heavy atom. The number of alkyl carbamates (subject to hydrolysis) is 1. The van der Waals surface area contributed by atoms with E-state index in [1.54, 1.807) is 24.3 Å². The maximum absolute atomic E-state index is 15.1. The standard InChI is InChI=1S/C56H83Cl3NO12P/c1-3-5-7-9-11-13-15-17-19-30-38-66-48(37-29-18-16-14-12-10-8-6-4-2)39-50(61)71-53-51(60-55(63)67-44-56(57,58)59)54(62)70-49(43-65-40-45-31-23-20-24-32-45)52(53)72-73(64,68-41-46-33-25-21-26-34-46)69-42-47-35-27-22-28-36-47/h20-28,31-36,48-49,51-54,62H,3-19,29-30,37-44H2,1-2H3,(H,60,63)/t48-,49-,51-,52-,53-,54+/m1/s1. The van der Waals surface area contributed by atoms with Crippen molar-refractivity contribution in [2.45, 2.75) is 209 Å². The van der Waals surface area contributed by atoms with Crippen molar-refractivity contribution >= 4 is 54.7 Å². The number of halogens is 3. The Hall–Kier alpha value is -2.78. The number of esters is 1. The fourth-order valence-electron chi connectivity index (χ4n) is 8.52. The van der Waals surface area contributed by atoms with Crippen LogP contribution in [0, 0.1) is 0 Å². The number of phosphoric acid groups is 1. The zero-order valence-corrected chi connectivity index (χ0v) is 46.4. The Labute approximate surface area is 450 Å². The molecule has 1 aliphatic heterocycles. The van der Waals surface area contributed by atoms with E-state index >= 15 is 4.57 Å². The number of hydrogen-bond donors (Lipinski definition) is 2. The molecule has 2 N–H and O–H groups in total. The van der Waals surface area contributed by atoms with Crippen LogP contribution < -0.4 is 5.32 Å². The first kappa shape index (κ1) is 62.8. The van der Waals surface area contributed by atoms with Crippen LogP contribution in [-0.2, 0) is 66.4 Å². The minimum absolute atomic E-state index is 0.128. The fraction of sp³-hybridized carbons (Fsp3) is 0.643. The van der Waals surface area contributed by atoms with Crippen LogP contribution in [0.4, 0.5) is 4.79 Å². The third-order valence-electron chi connectivity index (χ3n) is 12.6. The number of ether oxygens (including phenoxy) is 5. The van der Waals surface area contributed by atoms with Gasteiger partial charge in [0.2, 0.25) is 3.79 Å². The van der Waals surface area contributed by atoms with Crippen molar-refractivity contribution in [3.8, 4) is 0 Å². The van der Waals surface area contributed by atoms with E-state index in [2.05, 4.69) is 19.2 Å². The summed E-state index contributed by atoms with van der Waals surface area (Å²) in [7, 11) is -4.67. The minimum atomic E-state index is -4.67. The monoisotopic (exact) mass is 1100 g/mol. The van der Waals surface area contributed by atoms with Gasteiger partial charge in [-0.15, -0.1) is 0 Å². The van der Waals surface area contributed by atoms with Crippen LogP contribution in [-0.4, -0.2) is 77.5 Å². The van der Waals surface area contributed by atoms with Gasteiger partial charge in [-0.1, -0.05) is 255 Å². The van der Waals surface area contributed by atoms with E-state index in [1.807, 2.05) is 66.7 Å². The largest absolute Gasteiger partial charge is 0.475 e. The number of carbonyl (C=O) groups excluding carboxylic acids is 2. The van der Waals surface area contributed by atoms with Gasteiger partial charge in [-0.3, -0.25) is 18.4 Å². The minimum Gasteiger partial charge on any atom is -0.457 e. The zero-order chi connectivity index (χ0) is 52.4. The summed E-state index contributed by atoms with van der Waals surface area (Å²) in [6, 6.07) is 25.9. The average Bonchev–Trinajstić information content (AvgIpc) is 3.38. The third kappa shape index (κ3) is 27.7. The lowest BCUT2D eigenvalue weighted by atomic mass is 9.96. The molecule has 0 aromatic heterocycles. The number of benzene rings is 3. The molecule has 13 nitrogen and oxygen atoms in total. The van der Waals surface area contributed by atoms with Crippen LogP contribution in [0.5, 0.6) is 0 Å². The van der Waals surface area contributed by atoms with Gasteiger partial charge in [-0.05, 0) is 29.5 Å². The predicted molar refractivity (Wildman–Crippen MR) is 288 cm³/mol. The van der Waals surface area contributed by atoms with Crippen molar-refractivity contribution in [2.75, 3.05) is 19.8 Å². The molecule has 0 aliphatic carbocycles. The molecule has 73 heavy (non-hydrogen) atoms. The number of carbonyl (C=O) groups is 2. The van der Waals surface area contributed by atoms with Gasteiger partial charge < -0.3 is 34.1 Å². The molecular weight excluding hydrogens is 1020 g/mol. The van der Waals surface area contributed by atoms with Gasteiger partial charge in [0.25, 0.3) is 0 Å². The maximum atomic E-state index is 15.1. The van der Waals surface area contributed by atoms with E-state index in [-0.39, 0.29) is 32.8 Å². The molecule has 17 heteroatoms. The Bertz CT molecular complexity index is 1890. The van der Waals surface area contributed by atoms with Gasteiger partial charge in [-0.25, -0.2) is 9.36 Å². The average molecular weight is 1100 g/mol. The topological polar surface area (TPSA) is 157 Å². The second-order valence-corrected chi connectivity index (χ2v) is 23.1. The SMILES string of the molecule is CCCCCCCCCCCCO[C@H](CCCCCCCCCCC)CC(=O)O[C@@H]1[C@@H](NC(=O)OCC(Cl)(Cl)Cl)[C@@H](O)O[C@H](COCc2ccccc2)[C@H]1OP(=O)(OCc1ccccc1)OCc1ccccc1. The highest BCUT2D eigenvalue weighted by Crippen LogP contribution is 2.54. The van der Waals surface area contributed by atoms with Gasteiger partial charge in [0.05, 0.1) is 39.0 Å². The summed E-state index contributed by atoms with van der Waals surface area (Å²) < 4.78 is 61.8. The van der Waals surface area contributed by atoms with Crippen molar-refractivity contribution in [1.29, 1.82) is 0 Å². The summed E-state index contributed by atoms with van der Waals surface area (Å²) in [4.78, 5) is 27.8. The number of amides is 1. The molecule has 0 saturated carbocycles. The first-order chi connectivity index (χ1) is 35.4. The number of nitrogens with one attached hydrogen (secondary N) is 1. The maximum Gasteiger partial charge on any atom is 0.475 e. The molecule has 1 aliphatic rings. The smallest absolute Gasteiger partial charge is 0.457 e. The highest BCUT2D eigenvalue weighted by atomic mass is 35.6. The van der Waals surface area contributed by atoms with E-state index in [9.17, 15) is 14.7 Å². The number of alkyl halides is 3. The van der Waals surface area contributed by atoms with Crippen molar-refractivity contribution in [3.05, 3.63) is 108 Å².